The van der Waals surface area contributed by atoms with Crippen LogP contribution in [-0.2, 0) is 9.59 Å². The fourth-order valence-electron chi connectivity index (χ4n) is 1.29. The van der Waals surface area contributed by atoms with Crippen LogP contribution in [0.1, 0.15) is 39.5 Å². The number of carbonyl (C=O) groups excluding carboxylic acids is 1. The number of hydrogen-bond donors (Lipinski definition) is 2. The van der Waals surface area contributed by atoms with E-state index in [0.717, 1.165) is 0 Å². The van der Waals surface area contributed by atoms with Crippen LogP contribution in [0.3, 0.4) is 0 Å². The fourth-order valence-corrected chi connectivity index (χ4v) is 1.29. The van der Waals surface area contributed by atoms with Crippen LogP contribution in [0.2, 0.25) is 0 Å². The minimum Gasteiger partial charge on any atom is -0.480 e. The van der Waals surface area contributed by atoms with Gasteiger partial charge in [-0.1, -0.05) is 13.8 Å². The molecule has 0 unspecified atom stereocenters. The molecule has 1 atom stereocenters. The Morgan fingerprint density at radius 1 is 1.44 bits per heavy atom. The van der Waals surface area contributed by atoms with E-state index in [-0.39, 0.29) is 11.8 Å². The molecule has 4 nitrogen and oxygen atoms in total. The normalized spacial score (nSPS) is 11.9. The van der Waals surface area contributed by atoms with Gasteiger partial charge in [0.25, 0.3) is 0 Å². The summed E-state index contributed by atoms with van der Waals surface area (Å²) in [6.07, 6.45) is 6.94. The van der Waals surface area contributed by atoms with Crippen LogP contribution >= 0.6 is 0 Å². The van der Waals surface area contributed by atoms with E-state index in [4.69, 9.17) is 11.5 Å². The minimum absolute atomic E-state index is 0.219. The number of unbranched alkanes of at least 4 members (excludes halogenated alkanes) is 1. The molecule has 0 aromatic rings. The highest BCUT2D eigenvalue weighted by atomic mass is 16.4. The Balaban J connectivity index is 4.08. The fraction of sp³-hybridized carbons (Fsp3) is 0.667. The van der Waals surface area contributed by atoms with Crippen molar-refractivity contribution < 1.29 is 14.7 Å². The highest BCUT2D eigenvalue weighted by molar-refractivity contribution is 5.83. The Hall–Kier alpha value is -1.50. The lowest BCUT2D eigenvalue weighted by Crippen LogP contribution is -2.41. The standard InChI is InChI=1S/C12H19NO3/c1-4-5-6-7-10(12(15)16)13-11(14)8-9(2)3/h1,9-10H,5-8H2,2-3H3,(H,13,14)(H,15,16)/t10-/m1/s1. The molecular formula is C12H19NO3. The number of carbonyl (C=O) groups is 2. The van der Waals surface area contributed by atoms with Crippen LogP contribution in [0.5, 0.6) is 0 Å². The molecule has 4 heteroatoms. The molecule has 0 heterocycles. The van der Waals surface area contributed by atoms with Gasteiger partial charge in [0, 0.05) is 12.8 Å². The Morgan fingerprint density at radius 3 is 2.50 bits per heavy atom. The zero-order chi connectivity index (χ0) is 12.6. The van der Waals surface area contributed by atoms with E-state index >= 15 is 0 Å². The second-order valence-electron chi connectivity index (χ2n) is 4.15. The Kier molecular flexibility index (Phi) is 7.02. The van der Waals surface area contributed by atoms with Crippen LogP contribution < -0.4 is 5.32 Å². The van der Waals surface area contributed by atoms with E-state index in [9.17, 15) is 9.59 Å². The van der Waals surface area contributed by atoms with Crippen molar-refractivity contribution in [3.8, 4) is 12.3 Å². The van der Waals surface area contributed by atoms with Gasteiger partial charge in [0.2, 0.25) is 5.91 Å². The first-order valence-corrected chi connectivity index (χ1v) is 5.43. The Bertz CT molecular complexity index is 278. The van der Waals surface area contributed by atoms with Crippen molar-refractivity contribution >= 4 is 11.9 Å². The summed E-state index contributed by atoms with van der Waals surface area (Å²) in [4.78, 5) is 22.2. The summed E-state index contributed by atoms with van der Waals surface area (Å²) in [5, 5.41) is 11.4. The molecule has 0 spiro atoms. The van der Waals surface area contributed by atoms with E-state index in [1.54, 1.807) is 0 Å². The van der Waals surface area contributed by atoms with Gasteiger partial charge < -0.3 is 10.4 Å². The number of amides is 1. The van der Waals surface area contributed by atoms with E-state index < -0.39 is 12.0 Å². The molecule has 0 fully saturated rings. The molecule has 0 aromatic heterocycles. The molecule has 0 bridgehead atoms. The molecular weight excluding hydrogens is 206 g/mol. The van der Waals surface area contributed by atoms with Gasteiger partial charge in [-0.3, -0.25) is 4.79 Å². The van der Waals surface area contributed by atoms with Gasteiger partial charge in [-0.05, 0) is 18.8 Å². The maximum absolute atomic E-state index is 11.4. The van der Waals surface area contributed by atoms with Crippen molar-refractivity contribution in [2.24, 2.45) is 5.92 Å². The second-order valence-corrected chi connectivity index (χ2v) is 4.15. The first kappa shape index (κ1) is 14.5. The summed E-state index contributed by atoms with van der Waals surface area (Å²) in [6, 6.07) is -0.820. The van der Waals surface area contributed by atoms with Crippen LogP contribution in [0.25, 0.3) is 0 Å². The maximum Gasteiger partial charge on any atom is 0.326 e. The van der Waals surface area contributed by atoms with Crippen LogP contribution in [-0.4, -0.2) is 23.0 Å². The predicted molar refractivity (Wildman–Crippen MR) is 61.7 cm³/mol. The smallest absolute Gasteiger partial charge is 0.326 e. The lowest BCUT2D eigenvalue weighted by Gasteiger charge is -2.14. The van der Waals surface area contributed by atoms with Crippen molar-refractivity contribution in [3.05, 3.63) is 0 Å². The number of rotatable bonds is 7. The molecule has 2 N–H and O–H groups in total. The van der Waals surface area contributed by atoms with Crippen molar-refractivity contribution in [2.75, 3.05) is 0 Å². The van der Waals surface area contributed by atoms with Gasteiger partial charge in [-0.25, -0.2) is 4.79 Å². The molecule has 0 aromatic carbocycles. The van der Waals surface area contributed by atoms with Crippen LogP contribution in [0.15, 0.2) is 0 Å². The number of terminal acetylenes is 1. The highest BCUT2D eigenvalue weighted by Gasteiger charge is 2.19. The third kappa shape index (κ3) is 6.88. The quantitative estimate of drug-likeness (QED) is 0.508. The average Bonchev–Trinajstić information content (AvgIpc) is 2.15. The number of aliphatic carboxylic acids is 1. The summed E-state index contributed by atoms with van der Waals surface area (Å²) < 4.78 is 0. The van der Waals surface area contributed by atoms with Gasteiger partial charge in [0.1, 0.15) is 6.04 Å². The number of carboxylic acids is 1. The zero-order valence-corrected chi connectivity index (χ0v) is 9.82. The maximum atomic E-state index is 11.4. The number of hydrogen-bond acceptors (Lipinski definition) is 2. The number of carboxylic acid groups (broad SMARTS) is 1. The lowest BCUT2D eigenvalue weighted by molar-refractivity contribution is -0.142. The van der Waals surface area contributed by atoms with Crippen molar-refractivity contribution in [2.45, 2.75) is 45.6 Å². The topological polar surface area (TPSA) is 66.4 Å². The second kappa shape index (κ2) is 7.75. The summed E-state index contributed by atoms with van der Waals surface area (Å²) in [7, 11) is 0. The molecule has 0 rings (SSSR count). The SMILES string of the molecule is C#CCCC[C@@H](NC(=O)CC(C)C)C(=O)O. The van der Waals surface area contributed by atoms with Gasteiger partial charge in [0.05, 0.1) is 0 Å². The molecule has 0 aliphatic rings. The highest BCUT2D eigenvalue weighted by Crippen LogP contribution is 2.04. The monoisotopic (exact) mass is 225 g/mol. The molecule has 90 valence electrons. The number of nitrogens with one attached hydrogen (secondary N) is 1. The molecule has 0 aliphatic carbocycles. The van der Waals surface area contributed by atoms with Gasteiger partial charge in [-0.15, -0.1) is 12.3 Å². The molecule has 0 radical (unpaired) electrons. The summed E-state index contributed by atoms with van der Waals surface area (Å²) >= 11 is 0. The Labute approximate surface area is 96.4 Å². The lowest BCUT2D eigenvalue weighted by atomic mass is 10.1. The van der Waals surface area contributed by atoms with E-state index in [1.165, 1.54) is 0 Å². The van der Waals surface area contributed by atoms with Crippen molar-refractivity contribution in [3.63, 3.8) is 0 Å². The van der Waals surface area contributed by atoms with E-state index in [1.807, 2.05) is 13.8 Å². The van der Waals surface area contributed by atoms with Gasteiger partial charge in [0.15, 0.2) is 0 Å². The largest absolute Gasteiger partial charge is 0.480 e. The molecule has 1 amide bonds. The third-order valence-corrected chi connectivity index (χ3v) is 2.04. The van der Waals surface area contributed by atoms with Crippen LogP contribution in [0.4, 0.5) is 0 Å². The molecule has 0 saturated heterocycles. The van der Waals surface area contributed by atoms with E-state index in [2.05, 4.69) is 11.2 Å². The van der Waals surface area contributed by atoms with Crippen LogP contribution in [0, 0.1) is 18.3 Å². The zero-order valence-electron chi connectivity index (χ0n) is 9.82. The molecule has 0 saturated carbocycles. The minimum atomic E-state index is -1.01. The predicted octanol–water partition coefficient (Wildman–Crippen LogP) is 1.41. The summed E-state index contributed by atoms with van der Waals surface area (Å²) in [6.45, 7) is 3.82. The third-order valence-electron chi connectivity index (χ3n) is 2.04. The first-order valence-electron chi connectivity index (χ1n) is 5.43. The van der Waals surface area contributed by atoms with E-state index in [0.29, 0.717) is 25.7 Å². The van der Waals surface area contributed by atoms with Gasteiger partial charge >= 0.3 is 5.97 Å². The first-order chi connectivity index (χ1) is 7.47. The van der Waals surface area contributed by atoms with Crippen molar-refractivity contribution in [1.29, 1.82) is 0 Å². The Morgan fingerprint density at radius 2 is 2.06 bits per heavy atom. The van der Waals surface area contributed by atoms with Gasteiger partial charge in [-0.2, -0.15) is 0 Å². The van der Waals surface area contributed by atoms with Crippen molar-refractivity contribution in [1.82, 2.24) is 5.32 Å². The molecule has 0 aliphatic heterocycles. The molecule has 16 heavy (non-hydrogen) atoms. The summed E-state index contributed by atoms with van der Waals surface area (Å²) in [5.74, 6) is 1.44. The average molecular weight is 225 g/mol. The summed E-state index contributed by atoms with van der Waals surface area (Å²) in [5.41, 5.74) is 0.